The molecule has 4 N–H and O–H groups in total. The molecule has 0 saturated heterocycles. The monoisotopic (exact) mass is 174 g/mol. The second-order valence-electron chi connectivity index (χ2n) is 3.16. The molecule has 0 spiro atoms. The molecule has 0 bridgehead atoms. The lowest BCUT2D eigenvalue weighted by Gasteiger charge is -2.09. The second-order valence-corrected chi connectivity index (χ2v) is 3.16. The fraction of sp³-hybridized carbons (Fsp3) is 1.00. The predicted octanol–water partition coefficient (Wildman–Crippen LogP) is 0.476. The zero-order chi connectivity index (χ0) is 9.23. The number of hydrogen-bond donors (Lipinski definition) is 3. The summed E-state index contributed by atoms with van der Waals surface area (Å²) in [6.45, 7) is 4.05. The van der Waals surface area contributed by atoms with Gasteiger partial charge in [-0.05, 0) is 25.8 Å². The molecule has 0 aromatic heterocycles. The standard InChI is InChI=1S/C9H22N2O/c1-2-4-9(10)5-3-6-11-7-8-12/h9,11-12H,2-8,10H2,1H3. The first kappa shape index (κ1) is 11.9. The molecule has 0 fully saturated rings. The van der Waals surface area contributed by atoms with Crippen molar-refractivity contribution in [2.24, 2.45) is 5.73 Å². The summed E-state index contributed by atoms with van der Waals surface area (Å²) in [5.41, 5.74) is 5.82. The highest BCUT2D eigenvalue weighted by Crippen LogP contribution is 2.00. The van der Waals surface area contributed by atoms with Crippen LogP contribution in [0.2, 0.25) is 0 Å². The molecule has 0 aliphatic rings. The van der Waals surface area contributed by atoms with Crippen molar-refractivity contribution in [3.63, 3.8) is 0 Å². The molecule has 0 aliphatic heterocycles. The number of rotatable bonds is 8. The van der Waals surface area contributed by atoms with Crippen LogP contribution in [-0.2, 0) is 0 Å². The van der Waals surface area contributed by atoms with Crippen LogP contribution in [0.3, 0.4) is 0 Å². The van der Waals surface area contributed by atoms with Gasteiger partial charge in [0.1, 0.15) is 0 Å². The molecule has 3 nitrogen and oxygen atoms in total. The molecule has 0 heterocycles. The van der Waals surface area contributed by atoms with E-state index in [0.29, 0.717) is 12.6 Å². The summed E-state index contributed by atoms with van der Waals surface area (Å²) in [7, 11) is 0. The van der Waals surface area contributed by atoms with Gasteiger partial charge in [-0.25, -0.2) is 0 Å². The van der Waals surface area contributed by atoms with Crippen LogP contribution in [0.4, 0.5) is 0 Å². The molecule has 0 amide bonds. The van der Waals surface area contributed by atoms with Crippen molar-refractivity contribution in [3.8, 4) is 0 Å². The molecule has 1 unspecified atom stereocenters. The van der Waals surface area contributed by atoms with Gasteiger partial charge in [0, 0.05) is 12.6 Å². The van der Waals surface area contributed by atoms with Gasteiger partial charge in [0.05, 0.1) is 6.61 Å². The highest BCUT2D eigenvalue weighted by molar-refractivity contribution is 4.60. The highest BCUT2D eigenvalue weighted by atomic mass is 16.3. The molecule has 0 aliphatic carbocycles. The number of hydrogen-bond acceptors (Lipinski definition) is 3. The van der Waals surface area contributed by atoms with Crippen LogP contribution in [0, 0.1) is 0 Å². The lowest BCUT2D eigenvalue weighted by molar-refractivity contribution is 0.291. The Morgan fingerprint density at radius 2 is 2.08 bits per heavy atom. The molecule has 74 valence electrons. The molecule has 0 aromatic carbocycles. The SMILES string of the molecule is CCCC(N)CCCNCCO. The van der Waals surface area contributed by atoms with Gasteiger partial charge in [-0.2, -0.15) is 0 Å². The minimum atomic E-state index is 0.223. The first-order chi connectivity index (χ1) is 5.81. The average molecular weight is 174 g/mol. The minimum Gasteiger partial charge on any atom is -0.395 e. The summed E-state index contributed by atoms with van der Waals surface area (Å²) in [6, 6.07) is 0.367. The number of aliphatic hydroxyl groups excluding tert-OH is 1. The Morgan fingerprint density at radius 1 is 1.33 bits per heavy atom. The minimum absolute atomic E-state index is 0.223. The fourth-order valence-corrected chi connectivity index (χ4v) is 1.21. The molecule has 0 radical (unpaired) electrons. The summed E-state index contributed by atoms with van der Waals surface area (Å²) in [5, 5.41) is 11.6. The van der Waals surface area contributed by atoms with Gasteiger partial charge in [-0.3, -0.25) is 0 Å². The van der Waals surface area contributed by atoms with Crippen LogP contribution in [0.25, 0.3) is 0 Å². The lowest BCUT2D eigenvalue weighted by atomic mass is 10.1. The van der Waals surface area contributed by atoms with E-state index in [-0.39, 0.29) is 6.61 Å². The molecular weight excluding hydrogens is 152 g/mol. The Bertz CT molecular complexity index is 88.6. The topological polar surface area (TPSA) is 58.3 Å². The van der Waals surface area contributed by atoms with E-state index in [1.807, 2.05) is 0 Å². The van der Waals surface area contributed by atoms with Gasteiger partial charge in [0.2, 0.25) is 0 Å². The molecule has 12 heavy (non-hydrogen) atoms. The molecule has 0 aromatic rings. The second kappa shape index (κ2) is 8.97. The van der Waals surface area contributed by atoms with Gasteiger partial charge in [-0.1, -0.05) is 13.3 Å². The van der Waals surface area contributed by atoms with Gasteiger partial charge in [-0.15, -0.1) is 0 Å². The van der Waals surface area contributed by atoms with Crippen molar-refractivity contribution >= 4 is 0 Å². The summed E-state index contributed by atoms with van der Waals surface area (Å²) < 4.78 is 0. The quantitative estimate of drug-likeness (QED) is 0.469. The highest BCUT2D eigenvalue weighted by Gasteiger charge is 1.99. The normalized spacial score (nSPS) is 13.2. The zero-order valence-electron chi connectivity index (χ0n) is 8.05. The number of aliphatic hydroxyl groups is 1. The van der Waals surface area contributed by atoms with E-state index >= 15 is 0 Å². The number of nitrogens with one attached hydrogen (secondary N) is 1. The van der Waals surface area contributed by atoms with Crippen LogP contribution in [0.15, 0.2) is 0 Å². The van der Waals surface area contributed by atoms with E-state index in [9.17, 15) is 0 Å². The molecule has 0 saturated carbocycles. The Morgan fingerprint density at radius 3 is 2.67 bits per heavy atom. The van der Waals surface area contributed by atoms with E-state index < -0.39 is 0 Å². The third-order valence-corrected chi connectivity index (χ3v) is 1.88. The van der Waals surface area contributed by atoms with E-state index in [4.69, 9.17) is 10.8 Å². The maximum absolute atomic E-state index is 8.47. The van der Waals surface area contributed by atoms with E-state index in [0.717, 1.165) is 25.8 Å². The van der Waals surface area contributed by atoms with Crippen molar-refractivity contribution in [2.45, 2.75) is 38.6 Å². The molecule has 0 rings (SSSR count). The van der Waals surface area contributed by atoms with Gasteiger partial charge >= 0.3 is 0 Å². The van der Waals surface area contributed by atoms with Crippen LogP contribution in [-0.4, -0.2) is 30.8 Å². The molecule has 1 atom stereocenters. The van der Waals surface area contributed by atoms with Crippen molar-refractivity contribution in [3.05, 3.63) is 0 Å². The summed E-state index contributed by atoms with van der Waals surface area (Å²) in [6.07, 6.45) is 4.50. The summed E-state index contributed by atoms with van der Waals surface area (Å²) in [5.74, 6) is 0. The Kier molecular flexibility index (Phi) is 8.88. The van der Waals surface area contributed by atoms with Gasteiger partial charge in [0.15, 0.2) is 0 Å². The molecular formula is C9H22N2O. The smallest absolute Gasteiger partial charge is 0.0555 e. The Hall–Kier alpha value is -0.120. The van der Waals surface area contributed by atoms with E-state index in [2.05, 4.69) is 12.2 Å². The van der Waals surface area contributed by atoms with E-state index in [1.165, 1.54) is 6.42 Å². The Labute approximate surface area is 75.3 Å². The van der Waals surface area contributed by atoms with Crippen molar-refractivity contribution in [1.29, 1.82) is 0 Å². The summed E-state index contributed by atoms with van der Waals surface area (Å²) in [4.78, 5) is 0. The largest absolute Gasteiger partial charge is 0.395 e. The average Bonchev–Trinajstić information content (AvgIpc) is 2.05. The Balaban J connectivity index is 2.97. The fourth-order valence-electron chi connectivity index (χ4n) is 1.21. The van der Waals surface area contributed by atoms with E-state index in [1.54, 1.807) is 0 Å². The van der Waals surface area contributed by atoms with Gasteiger partial charge in [0.25, 0.3) is 0 Å². The maximum atomic E-state index is 8.47. The number of nitrogens with two attached hydrogens (primary N) is 1. The van der Waals surface area contributed by atoms with Crippen LogP contribution < -0.4 is 11.1 Å². The lowest BCUT2D eigenvalue weighted by Crippen LogP contribution is -2.24. The predicted molar refractivity (Wildman–Crippen MR) is 52.1 cm³/mol. The third-order valence-electron chi connectivity index (χ3n) is 1.88. The molecule has 3 heteroatoms. The first-order valence-electron chi connectivity index (χ1n) is 4.88. The summed E-state index contributed by atoms with van der Waals surface area (Å²) >= 11 is 0. The van der Waals surface area contributed by atoms with Crippen molar-refractivity contribution < 1.29 is 5.11 Å². The zero-order valence-corrected chi connectivity index (χ0v) is 8.05. The van der Waals surface area contributed by atoms with Crippen molar-refractivity contribution in [1.82, 2.24) is 5.32 Å². The maximum Gasteiger partial charge on any atom is 0.0555 e. The van der Waals surface area contributed by atoms with Gasteiger partial charge < -0.3 is 16.2 Å². The van der Waals surface area contributed by atoms with Crippen molar-refractivity contribution in [2.75, 3.05) is 19.7 Å². The first-order valence-corrected chi connectivity index (χ1v) is 4.88. The van der Waals surface area contributed by atoms with Crippen LogP contribution in [0.5, 0.6) is 0 Å². The third kappa shape index (κ3) is 7.98. The van der Waals surface area contributed by atoms with Crippen LogP contribution in [0.1, 0.15) is 32.6 Å². The van der Waals surface area contributed by atoms with Crippen LogP contribution >= 0.6 is 0 Å².